The van der Waals surface area contributed by atoms with Gasteiger partial charge in [-0.25, -0.2) is 0 Å². The van der Waals surface area contributed by atoms with Gasteiger partial charge in [-0.2, -0.15) is 0 Å². The number of aliphatic carboxylic acids is 1. The first-order chi connectivity index (χ1) is 9.15. The molecule has 0 saturated carbocycles. The molecule has 0 aliphatic carbocycles. The van der Waals surface area contributed by atoms with Crippen LogP contribution < -0.4 is 10.1 Å². The normalized spacial score (nSPS) is 22.4. The van der Waals surface area contributed by atoms with Gasteiger partial charge in [-0.15, -0.1) is 0 Å². The number of benzene rings is 1. The highest BCUT2D eigenvalue weighted by Crippen LogP contribution is 2.30. The fourth-order valence-corrected chi connectivity index (χ4v) is 2.46. The number of nitrogens with one attached hydrogen (secondary N) is 1. The fraction of sp³-hybridized carbons (Fsp3) is 0.500. The third-order valence-electron chi connectivity index (χ3n) is 3.49. The largest absolute Gasteiger partial charge is 0.496 e. The lowest BCUT2D eigenvalue weighted by molar-refractivity contribution is -0.141. The molecule has 1 aliphatic heterocycles. The van der Waals surface area contributed by atoms with Crippen molar-refractivity contribution in [3.8, 4) is 5.75 Å². The fourth-order valence-electron chi connectivity index (χ4n) is 2.46. The number of hydrogen-bond donors (Lipinski definition) is 2. The molecule has 1 heterocycles. The first-order valence-electron chi connectivity index (χ1n) is 6.27. The molecule has 2 N–H and O–H groups in total. The summed E-state index contributed by atoms with van der Waals surface area (Å²) in [5, 5.41) is 12.3. The molecule has 0 aromatic heterocycles. The van der Waals surface area contributed by atoms with Crippen LogP contribution >= 0.6 is 0 Å². The van der Waals surface area contributed by atoms with E-state index < -0.39 is 5.97 Å². The van der Waals surface area contributed by atoms with Crippen molar-refractivity contribution in [2.75, 3.05) is 20.8 Å². The van der Waals surface area contributed by atoms with Gasteiger partial charge in [0.2, 0.25) is 0 Å². The summed E-state index contributed by atoms with van der Waals surface area (Å²) >= 11 is 0. The van der Waals surface area contributed by atoms with Gasteiger partial charge >= 0.3 is 5.97 Å². The Kier molecular flexibility index (Phi) is 4.39. The van der Waals surface area contributed by atoms with E-state index in [0.717, 1.165) is 16.9 Å². The topological polar surface area (TPSA) is 67.8 Å². The molecular weight excluding hydrogens is 246 g/mol. The van der Waals surface area contributed by atoms with E-state index in [-0.39, 0.29) is 12.0 Å². The number of methoxy groups -OCH3 is 2. The minimum atomic E-state index is -0.736. The first-order valence-corrected chi connectivity index (χ1v) is 6.27. The van der Waals surface area contributed by atoms with Crippen LogP contribution in [0.15, 0.2) is 18.2 Å². The molecule has 2 rings (SSSR count). The van der Waals surface area contributed by atoms with Crippen molar-refractivity contribution in [1.29, 1.82) is 0 Å². The van der Waals surface area contributed by atoms with Gasteiger partial charge in [0.05, 0.1) is 19.6 Å². The third kappa shape index (κ3) is 3.05. The quantitative estimate of drug-likeness (QED) is 0.846. The zero-order valence-corrected chi connectivity index (χ0v) is 11.2. The van der Waals surface area contributed by atoms with E-state index in [9.17, 15) is 4.79 Å². The zero-order valence-electron chi connectivity index (χ0n) is 11.2. The van der Waals surface area contributed by atoms with Gasteiger partial charge in [0.1, 0.15) is 5.75 Å². The van der Waals surface area contributed by atoms with Gasteiger partial charge in [0.15, 0.2) is 0 Å². The van der Waals surface area contributed by atoms with E-state index in [1.54, 1.807) is 14.2 Å². The molecule has 1 saturated heterocycles. The minimum absolute atomic E-state index is 0.0858. The second-order valence-corrected chi connectivity index (χ2v) is 4.74. The van der Waals surface area contributed by atoms with E-state index in [1.165, 1.54) is 0 Å². The highest BCUT2D eigenvalue weighted by molar-refractivity contribution is 5.70. The molecule has 0 radical (unpaired) electrons. The molecule has 2 atom stereocenters. The van der Waals surface area contributed by atoms with E-state index in [2.05, 4.69) is 5.32 Å². The van der Waals surface area contributed by atoms with Crippen LogP contribution in [0, 0.1) is 5.92 Å². The van der Waals surface area contributed by atoms with Crippen LogP contribution in [0.1, 0.15) is 23.6 Å². The van der Waals surface area contributed by atoms with Crippen molar-refractivity contribution in [2.45, 2.75) is 19.1 Å². The zero-order chi connectivity index (χ0) is 13.8. The molecule has 1 aliphatic rings. The summed E-state index contributed by atoms with van der Waals surface area (Å²) in [5.74, 6) is -0.253. The molecule has 5 heteroatoms. The number of rotatable bonds is 5. The Morgan fingerprint density at radius 1 is 1.47 bits per heavy atom. The average Bonchev–Trinajstić information content (AvgIpc) is 2.89. The lowest BCUT2D eigenvalue weighted by atomic mass is 9.98. The van der Waals surface area contributed by atoms with Crippen LogP contribution in [0.25, 0.3) is 0 Å². The molecule has 2 unspecified atom stereocenters. The molecular formula is C14H19NO4. The minimum Gasteiger partial charge on any atom is -0.496 e. The summed E-state index contributed by atoms with van der Waals surface area (Å²) in [6.07, 6.45) is 0.619. The van der Waals surface area contributed by atoms with Gasteiger partial charge in [0, 0.05) is 25.3 Å². The SMILES string of the molecule is COCc1cc(C2CC(C(=O)O)CN2)ccc1OC. The second kappa shape index (κ2) is 6.04. The van der Waals surface area contributed by atoms with Crippen LogP contribution in [0.3, 0.4) is 0 Å². The number of carboxylic acid groups (broad SMARTS) is 1. The Morgan fingerprint density at radius 2 is 2.26 bits per heavy atom. The Labute approximate surface area is 112 Å². The molecule has 1 aromatic carbocycles. The van der Waals surface area contributed by atoms with Gasteiger partial charge in [0.25, 0.3) is 0 Å². The Bertz CT molecular complexity index is 461. The Balaban J connectivity index is 2.17. The summed E-state index contributed by atoms with van der Waals surface area (Å²) in [6, 6.07) is 5.98. The summed E-state index contributed by atoms with van der Waals surface area (Å²) < 4.78 is 10.4. The molecule has 1 aromatic rings. The van der Waals surface area contributed by atoms with Crippen LogP contribution in [0.5, 0.6) is 5.75 Å². The average molecular weight is 265 g/mol. The van der Waals surface area contributed by atoms with Crippen molar-refractivity contribution in [2.24, 2.45) is 5.92 Å². The number of ether oxygens (including phenoxy) is 2. The van der Waals surface area contributed by atoms with Crippen molar-refractivity contribution in [3.05, 3.63) is 29.3 Å². The molecule has 5 nitrogen and oxygen atoms in total. The predicted molar refractivity (Wildman–Crippen MR) is 70.2 cm³/mol. The lowest BCUT2D eigenvalue weighted by Crippen LogP contribution is -2.17. The molecule has 0 bridgehead atoms. The van der Waals surface area contributed by atoms with E-state index >= 15 is 0 Å². The van der Waals surface area contributed by atoms with Crippen LogP contribution in [0.2, 0.25) is 0 Å². The van der Waals surface area contributed by atoms with Gasteiger partial charge in [-0.1, -0.05) is 6.07 Å². The first kappa shape index (κ1) is 13.8. The highest BCUT2D eigenvalue weighted by atomic mass is 16.5. The van der Waals surface area contributed by atoms with Crippen molar-refractivity contribution in [3.63, 3.8) is 0 Å². The molecule has 1 fully saturated rings. The maximum atomic E-state index is 11.0. The van der Waals surface area contributed by atoms with Crippen LogP contribution in [-0.2, 0) is 16.1 Å². The number of carboxylic acids is 1. The van der Waals surface area contributed by atoms with Crippen LogP contribution in [-0.4, -0.2) is 31.8 Å². The monoisotopic (exact) mass is 265 g/mol. The van der Waals surface area contributed by atoms with E-state index in [4.69, 9.17) is 14.6 Å². The van der Waals surface area contributed by atoms with Gasteiger partial charge in [-0.3, -0.25) is 4.79 Å². The lowest BCUT2D eigenvalue weighted by Gasteiger charge is -2.14. The predicted octanol–water partition coefficient (Wildman–Crippen LogP) is 1.58. The summed E-state index contributed by atoms with van der Waals surface area (Å²) in [6.45, 7) is 0.998. The third-order valence-corrected chi connectivity index (χ3v) is 3.49. The smallest absolute Gasteiger partial charge is 0.307 e. The summed E-state index contributed by atoms with van der Waals surface area (Å²) in [4.78, 5) is 11.0. The number of hydrogen-bond acceptors (Lipinski definition) is 4. The van der Waals surface area contributed by atoms with E-state index in [1.807, 2.05) is 18.2 Å². The van der Waals surface area contributed by atoms with Gasteiger partial charge < -0.3 is 19.9 Å². The summed E-state index contributed by atoms with van der Waals surface area (Å²) in [5.41, 5.74) is 2.06. The van der Waals surface area contributed by atoms with Crippen molar-refractivity contribution < 1.29 is 19.4 Å². The molecule has 104 valence electrons. The number of carbonyl (C=O) groups is 1. The standard InChI is InChI=1S/C14H19NO4/c1-18-8-11-5-9(3-4-13(11)19-2)12-6-10(7-15-12)14(16)17/h3-5,10,12,15H,6-8H2,1-2H3,(H,16,17). The molecule has 0 spiro atoms. The van der Waals surface area contributed by atoms with Crippen molar-refractivity contribution in [1.82, 2.24) is 5.32 Å². The Hall–Kier alpha value is -1.59. The molecule has 0 amide bonds. The van der Waals surface area contributed by atoms with E-state index in [0.29, 0.717) is 19.6 Å². The molecule has 19 heavy (non-hydrogen) atoms. The Morgan fingerprint density at radius 3 is 2.84 bits per heavy atom. The maximum absolute atomic E-state index is 11.0. The van der Waals surface area contributed by atoms with Gasteiger partial charge in [-0.05, 0) is 24.1 Å². The highest BCUT2D eigenvalue weighted by Gasteiger charge is 2.30. The second-order valence-electron chi connectivity index (χ2n) is 4.74. The maximum Gasteiger partial charge on any atom is 0.307 e. The summed E-state index contributed by atoms with van der Waals surface area (Å²) in [7, 11) is 3.27. The van der Waals surface area contributed by atoms with Crippen LogP contribution in [0.4, 0.5) is 0 Å². The van der Waals surface area contributed by atoms with Crippen molar-refractivity contribution >= 4 is 5.97 Å².